The smallest absolute Gasteiger partial charge is 0.261 e. The summed E-state index contributed by atoms with van der Waals surface area (Å²) in [5, 5.41) is 5.39. The quantitative estimate of drug-likeness (QED) is 0.738. The number of anilines is 1. The van der Waals surface area contributed by atoms with Gasteiger partial charge >= 0.3 is 0 Å². The maximum atomic E-state index is 11.9. The number of aryl methyl sites for hydroxylation is 1. The van der Waals surface area contributed by atoms with Gasteiger partial charge in [0.05, 0.1) is 15.2 Å². The van der Waals surface area contributed by atoms with Gasteiger partial charge in [0.25, 0.3) is 5.91 Å². The van der Waals surface area contributed by atoms with Crippen LogP contribution in [0.15, 0.2) is 40.2 Å². The van der Waals surface area contributed by atoms with Crippen molar-refractivity contribution in [3.63, 3.8) is 0 Å². The van der Waals surface area contributed by atoms with Crippen molar-refractivity contribution in [1.29, 1.82) is 0 Å². The third-order valence-electron chi connectivity index (χ3n) is 3.26. The number of unbranched alkanes of at least 4 members (excludes halogenated alkanes) is 1. The number of thiophene rings is 1. The van der Waals surface area contributed by atoms with Crippen LogP contribution in [0.2, 0.25) is 0 Å². The topological polar surface area (TPSA) is 58.2 Å². The summed E-state index contributed by atoms with van der Waals surface area (Å²) >= 11 is 4.64. The molecule has 0 unspecified atom stereocenters. The van der Waals surface area contributed by atoms with Gasteiger partial charge in [-0.2, -0.15) is 0 Å². The zero-order valence-corrected chi connectivity index (χ0v) is 15.3. The van der Waals surface area contributed by atoms with Gasteiger partial charge in [0.1, 0.15) is 0 Å². The van der Waals surface area contributed by atoms with E-state index < -0.39 is 0 Å². The molecular weight excluding hydrogens is 376 g/mol. The Morgan fingerprint density at radius 3 is 2.48 bits per heavy atom. The van der Waals surface area contributed by atoms with Gasteiger partial charge in [-0.25, -0.2) is 0 Å². The Labute approximate surface area is 148 Å². The van der Waals surface area contributed by atoms with E-state index in [1.807, 2.05) is 24.3 Å². The predicted molar refractivity (Wildman–Crippen MR) is 98.0 cm³/mol. The Kier molecular flexibility index (Phi) is 6.80. The highest BCUT2D eigenvalue weighted by Crippen LogP contribution is 2.21. The molecule has 0 saturated heterocycles. The number of benzene rings is 1. The van der Waals surface area contributed by atoms with Crippen molar-refractivity contribution >= 4 is 44.8 Å². The molecule has 0 saturated carbocycles. The molecular formula is C17H19BrN2O2S. The lowest BCUT2D eigenvalue weighted by Crippen LogP contribution is -2.32. The van der Waals surface area contributed by atoms with E-state index in [0.717, 1.165) is 22.3 Å². The number of carbonyl (C=O) groups is 2. The fourth-order valence-electron chi connectivity index (χ4n) is 2.02. The van der Waals surface area contributed by atoms with Crippen LogP contribution in [-0.4, -0.2) is 18.4 Å². The first-order chi connectivity index (χ1) is 11.1. The van der Waals surface area contributed by atoms with Crippen LogP contribution in [0.1, 0.15) is 35.0 Å². The highest BCUT2D eigenvalue weighted by molar-refractivity contribution is 9.11. The minimum absolute atomic E-state index is 0.0497. The van der Waals surface area contributed by atoms with Crippen molar-refractivity contribution in [2.75, 3.05) is 11.9 Å². The number of hydrogen-bond donors (Lipinski definition) is 2. The van der Waals surface area contributed by atoms with E-state index in [0.29, 0.717) is 4.88 Å². The zero-order chi connectivity index (χ0) is 16.7. The van der Waals surface area contributed by atoms with Crippen molar-refractivity contribution < 1.29 is 9.59 Å². The van der Waals surface area contributed by atoms with Gasteiger partial charge in [-0.3, -0.25) is 9.59 Å². The summed E-state index contributed by atoms with van der Waals surface area (Å²) < 4.78 is 0.885. The average molecular weight is 395 g/mol. The lowest BCUT2D eigenvalue weighted by atomic mass is 10.1. The Morgan fingerprint density at radius 2 is 1.87 bits per heavy atom. The summed E-state index contributed by atoms with van der Waals surface area (Å²) in [6.45, 7) is 2.11. The average Bonchev–Trinajstić information content (AvgIpc) is 2.98. The third kappa shape index (κ3) is 5.80. The Hall–Kier alpha value is -1.66. The number of rotatable bonds is 7. The first-order valence-electron chi connectivity index (χ1n) is 7.51. The third-order valence-corrected chi connectivity index (χ3v) is 4.89. The first kappa shape index (κ1) is 17.7. The van der Waals surface area contributed by atoms with Crippen LogP contribution in [0.5, 0.6) is 0 Å². The molecule has 0 spiro atoms. The number of carbonyl (C=O) groups excluding carboxylic acids is 2. The SMILES string of the molecule is CCCCc1ccc(NC(=O)CNC(=O)c2ccc(Br)s2)cc1. The van der Waals surface area contributed by atoms with Gasteiger partial charge in [0.2, 0.25) is 5.91 Å². The molecule has 0 aliphatic heterocycles. The Bertz CT molecular complexity index is 667. The number of halogens is 1. The molecule has 2 aromatic rings. The largest absolute Gasteiger partial charge is 0.342 e. The molecule has 0 radical (unpaired) electrons. The van der Waals surface area contributed by atoms with Crippen molar-refractivity contribution in [1.82, 2.24) is 5.32 Å². The van der Waals surface area contributed by atoms with E-state index in [4.69, 9.17) is 0 Å². The van der Waals surface area contributed by atoms with Crippen molar-refractivity contribution in [2.45, 2.75) is 26.2 Å². The van der Waals surface area contributed by atoms with Crippen LogP contribution in [0.4, 0.5) is 5.69 Å². The molecule has 122 valence electrons. The Morgan fingerprint density at radius 1 is 1.13 bits per heavy atom. The molecule has 0 aliphatic rings. The molecule has 1 aromatic carbocycles. The van der Waals surface area contributed by atoms with Crippen molar-refractivity contribution in [2.24, 2.45) is 0 Å². The molecule has 1 heterocycles. The first-order valence-corrected chi connectivity index (χ1v) is 9.11. The van der Waals surface area contributed by atoms with E-state index in [1.165, 1.54) is 23.3 Å². The molecule has 4 nitrogen and oxygen atoms in total. The Balaban J connectivity index is 1.79. The van der Waals surface area contributed by atoms with Crippen molar-refractivity contribution in [3.8, 4) is 0 Å². The van der Waals surface area contributed by atoms with E-state index in [9.17, 15) is 9.59 Å². The van der Waals surface area contributed by atoms with Crippen LogP contribution >= 0.6 is 27.3 Å². The highest BCUT2D eigenvalue weighted by atomic mass is 79.9. The maximum Gasteiger partial charge on any atom is 0.261 e. The number of amides is 2. The van der Waals surface area contributed by atoms with Crippen molar-refractivity contribution in [3.05, 3.63) is 50.6 Å². The summed E-state index contributed by atoms with van der Waals surface area (Å²) in [5.41, 5.74) is 2.00. The monoisotopic (exact) mass is 394 g/mol. The van der Waals surface area contributed by atoms with Crippen LogP contribution in [0.25, 0.3) is 0 Å². The highest BCUT2D eigenvalue weighted by Gasteiger charge is 2.10. The second-order valence-corrected chi connectivity index (χ2v) is 7.60. The van der Waals surface area contributed by atoms with Gasteiger partial charge in [-0.15, -0.1) is 11.3 Å². The van der Waals surface area contributed by atoms with Crippen LogP contribution in [-0.2, 0) is 11.2 Å². The van der Waals surface area contributed by atoms with Crippen LogP contribution in [0, 0.1) is 0 Å². The fraction of sp³-hybridized carbons (Fsp3) is 0.294. The van der Waals surface area contributed by atoms with E-state index in [-0.39, 0.29) is 18.4 Å². The number of hydrogen-bond acceptors (Lipinski definition) is 3. The molecule has 2 rings (SSSR count). The fourth-order valence-corrected chi connectivity index (χ4v) is 3.33. The zero-order valence-electron chi connectivity index (χ0n) is 12.9. The molecule has 0 bridgehead atoms. The molecule has 1 aromatic heterocycles. The molecule has 2 amide bonds. The van der Waals surface area contributed by atoms with Gasteiger partial charge in [0.15, 0.2) is 0 Å². The minimum atomic E-state index is -0.245. The second-order valence-electron chi connectivity index (χ2n) is 5.14. The van der Waals surface area contributed by atoms with Gasteiger partial charge < -0.3 is 10.6 Å². The van der Waals surface area contributed by atoms with Gasteiger partial charge in [-0.05, 0) is 58.6 Å². The van der Waals surface area contributed by atoms with Gasteiger partial charge in [-0.1, -0.05) is 25.5 Å². The van der Waals surface area contributed by atoms with E-state index in [1.54, 1.807) is 12.1 Å². The summed E-state index contributed by atoms with van der Waals surface area (Å²) in [7, 11) is 0. The molecule has 2 N–H and O–H groups in total. The summed E-state index contributed by atoms with van der Waals surface area (Å²) in [6.07, 6.45) is 3.38. The summed E-state index contributed by atoms with van der Waals surface area (Å²) in [4.78, 5) is 24.3. The molecule has 0 fully saturated rings. The summed E-state index contributed by atoms with van der Waals surface area (Å²) in [5.74, 6) is -0.485. The second kappa shape index (κ2) is 8.84. The molecule has 6 heteroatoms. The van der Waals surface area contributed by atoms with E-state index in [2.05, 4.69) is 33.5 Å². The standard InChI is InChI=1S/C17H19BrN2O2S/c1-2-3-4-12-5-7-13(8-6-12)20-16(21)11-19-17(22)14-9-10-15(18)23-14/h5-10H,2-4,11H2,1H3,(H,19,22)(H,20,21). The van der Waals surface area contributed by atoms with E-state index >= 15 is 0 Å². The molecule has 0 aliphatic carbocycles. The summed E-state index contributed by atoms with van der Waals surface area (Å²) in [6, 6.07) is 11.3. The lowest BCUT2D eigenvalue weighted by Gasteiger charge is -2.07. The van der Waals surface area contributed by atoms with Crippen LogP contribution in [0.3, 0.4) is 0 Å². The number of nitrogens with one attached hydrogen (secondary N) is 2. The maximum absolute atomic E-state index is 11.9. The van der Waals surface area contributed by atoms with Crippen LogP contribution < -0.4 is 10.6 Å². The molecule has 23 heavy (non-hydrogen) atoms. The molecule has 0 atom stereocenters. The lowest BCUT2D eigenvalue weighted by molar-refractivity contribution is -0.115. The predicted octanol–water partition coefficient (Wildman–Crippen LogP) is 4.22. The minimum Gasteiger partial charge on any atom is -0.342 e. The normalized spacial score (nSPS) is 10.3. The van der Waals surface area contributed by atoms with Gasteiger partial charge in [0, 0.05) is 5.69 Å².